The van der Waals surface area contributed by atoms with Crippen LogP contribution in [0.5, 0.6) is 0 Å². The summed E-state index contributed by atoms with van der Waals surface area (Å²) in [6.45, 7) is 4.33. The molecular formula is C48H77NO7. The summed E-state index contributed by atoms with van der Waals surface area (Å²) in [5.74, 6) is -1.82. The molecule has 8 nitrogen and oxygen atoms in total. The van der Waals surface area contributed by atoms with Crippen molar-refractivity contribution in [2.45, 2.75) is 148 Å². The first-order valence-electron chi connectivity index (χ1n) is 21.3. The van der Waals surface area contributed by atoms with Gasteiger partial charge in [0.1, 0.15) is 12.6 Å². The number of carboxylic acid groups (broad SMARTS) is 1. The average Bonchev–Trinajstić information content (AvgIpc) is 3.15. The summed E-state index contributed by atoms with van der Waals surface area (Å²) in [5.41, 5.74) is 0. The van der Waals surface area contributed by atoms with Crippen LogP contribution in [0.2, 0.25) is 0 Å². The van der Waals surface area contributed by atoms with Crippen LogP contribution in [0.15, 0.2) is 97.2 Å². The van der Waals surface area contributed by atoms with Gasteiger partial charge in [-0.1, -0.05) is 137 Å². The third-order valence-electron chi connectivity index (χ3n) is 8.78. The molecule has 0 aliphatic carbocycles. The van der Waals surface area contributed by atoms with Gasteiger partial charge in [-0.3, -0.25) is 9.59 Å². The number of likely N-dealkylation sites (N-methyl/N-ethyl adjacent to an activating group) is 1. The number of carbonyl (C=O) groups is 3. The van der Waals surface area contributed by atoms with Crippen molar-refractivity contribution in [3.8, 4) is 0 Å². The molecule has 8 heteroatoms. The number of allylic oxidation sites excluding steroid dienone is 16. The third kappa shape index (κ3) is 35.9. The molecule has 0 bridgehead atoms. The van der Waals surface area contributed by atoms with E-state index < -0.39 is 18.1 Å². The maximum absolute atomic E-state index is 12.7. The van der Waals surface area contributed by atoms with E-state index in [1.54, 1.807) is 21.1 Å². The van der Waals surface area contributed by atoms with E-state index in [0.717, 1.165) is 103 Å². The van der Waals surface area contributed by atoms with Crippen LogP contribution in [0.25, 0.3) is 0 Å². The quantitative estimate of drug-likeness (QED) is 0.0205. The summed E-state index contributed by atoms with van der Waals surface area (Å²) in [7, 11) is 5.37. The molecule has 0 saturated carbocycles. The topological polar surface area (TPSA) is 102 Å². The highest BCUT2D eigenvalue weighted by atomic mass is 16.6. The van der Waals surface area contributed by atoms with E-state index in [-0.39, 0.29) is 49.1 Å². The van der Waals surface area contributed by atoms with Crippen LogP contribution in [0.4, 0.5) is 0 Å². The average molecular weight is 780 g/mol. The molecule has 0 spiro atoms. The summed E-state index contributed by atoms with van der Waals surface area (Å²) >= 11 is 0. The minimum atomic E-state index is -1.14. The van der Waals surface area contributed by atoms with Crippen LogP contribution < -0.4 is 5.11 Å². The lowest BCUT2D eigenvalue weighted by Crippen LogP contribution is -2.55. The molecule has 316 valence electrons. The fourth-order valence-corrected chi connectivity index (χ4v) is 5.51. The Morgan fingerprint density at radius 3 is 1.61 bits per heavy atom. The molecule has 56 heavy (non-hydrogen) atoms. The molecule has 2 unspecified atom stereocenters. The number of nitrogens with zero attached hydrogens (tertiary/aromatic N) is 1. The Labute approximate surface area is 341 Å². The van der Waals surface area contributed by atoms with Crippen molar-refractivity contribution in [3.05, 3.63) is 97.2 Å². The number of rotatable bonds is 36. The van der Waals surface area contributed by atoms with E-state index in [4.69, 9.17) is 14.2 Å². The monoisotopic (exact) mass is 780 g/mol. The van der Waals surface area contributed by atoms with Crippen LogP contribution >= 0.6 is 0 Å². The Balaban J connectivity index is 4.46. The fourth-order valence-electron chi connectivity index (χ4n) is 5.51. The van der Waals surface area contributed by atoms with Crippen molar-refractivity contribution in [1.82, 2.24) is 0 Å². The van der Waals surface area contributed by atoms with Crippen molar-refractivity contribution in [2.75, 3.05) is 41.0 Å². The van der Waals surface area contributed by atoms with Gasteiger partial charge in [0.05, 0.1) is 40.3 Å². The highest BCUT2D eigenvalue weighted by Gasteiger charge is 2.25. The first kappa shape index (κ1) is 52.2. The van der Waals surface area contributed by atoms with Crippen LogP contribution in [0, 0.1) is 0 Å². The van der Waals surface area contributed by atoms with E-state index in [9.17, 15) is 19.5 Å². The van der Waals surface area contributed by atoms with Crippen LogP contribution in [-0.2, 0) is 28.6 Å². The Kier molecular flexibility index (Phi) is 35.6. The molecule has 0 heterocycles. The Bertz CT molecular complexity index is 1230. The predicted octanol–water partition coefficient (Wildman–Crippen LogP) is 10.2. The molecule has 0 aliphatic heterocycles. The highest BCUT2D eigenvalue weighted by molar-refractivity contribution is 5.70. The third-order valence-corrected chi connectivity index (χ3v) is 8.78. The number of quaternary nitrogens is 1. The highest BCUT2D eigenvalue weighted by Crippen LogP contribution is 2.12. The number of hydrogen-bond donors (Lipinski definition) is 0. The zero-order valence-electron chi connectivity index (χ0n) is 35.8. The van der Waals surface area contributed by atoms with Gasteiger partial charge < -0.3 is 28.6 Å². The zero-order chi connectivity index (χ0) is 41.4. The van der Waals surface area contributed by atoms with Crippen molar-refractivity contribution >= 4 is 17.9 Å². The molecule has 2 atom stereocenters. The van der Waals surface area contributed by atoms with Gasteiger partial charge in [-0.15, -0.1) is 0 Å². The van der Waals surface area contributed by atoms with Crippen molar-refractivity contribution < 1.29 is 38.2 Å². The van der Waals surface area contributed by atoms with E-state index >= 15 is 0 Å². The standard InChI is InChI=1S/C48H77NO7/c1-6-8-10-12-14-16-18-20-21-22-23-24-25-27-28-30-32-34-36-38-46(50)55-43-44(42-54-41-40-45(48(52)53)49(3,4)5)56-47(51)39-37-35-33-31-29-26-19-17-15-13-11-9-7-2/h8-11,13-17,19-21,23-24,27-28,44-45H,6-7,12,18,22,25-26,29-43H2,1-5H3/b10-8+,11-9+,15-13+,16-14+,19-17+,21-20+,24-23+,28-27+. The molecular weight excluding hydrogens is 703 g/mol. The smallest absolute Gasteiger partial charge is 0.306 e. The molecule has 0 aromatic rings. The van der Waals surface area contributed by atoms with Gasteiger partial charge in [0.25, 0.3) is 0 Å². The van der Waals surface area contributed by atoms with Crippen LogP contribution in [-0.4, -0.2) is 75.5 Å². The zero-order valence-corrected chi connectivity index (χ0v) is 35.8. The molecule has 0 saturated heterocycles. The van der Waals surface area contributed by atoms with Gasteiger partial charge in [0, 0.05) is 19.3 Å². The number of hydrogen-bond acceptors (Lipinski definition) is 7. The lowest BCUT2D eigenvalue weighted by Gasteiger charge is -2.34. The normalized spacial score (nSPS) is 13.9. The van der Waals surface area contributed by atoms with Gasteiger partial charge in [-0.05, 0) is 77.0 Å². The second-order valence-electron chi connectivity index (χ2n) is 14.9. The summed E-state index contributed by atoms with van der Waals surface area (Å²) < 4.78 is 17.1. The minimum Gasteiger partial charge on any atom is -0.544 e. The van der Waals surface area contributed by atoms with Crippen molar-refractivity contribution in [3.63, 3.8) is 0 Å². The van der Waals surface area contributed by atoms with Gasteiger partial charge in [0.15, 0.2) is 6.10 Å². The van der Waals surface area contributed by atoms with Crippen LogP contribution in [0.1, 0.15) is 136 Å². The van der Waals surface area contributed by atoms with E-state index in [1.165, 1.54) is 0 Å². The predicted molar refractivity (Wildman–Crippen MR) is 231 cm³/mol. The molecule has 0 rings (SSSR count). The summed E-state index contributed by atoms with van der Waals surface area (Å²) in [6, 6.07) is -0.740. The molecule has 0 aromatic heterocycles. The molecule has 0 N–H and O–H groups in total. The van der Waals surface area contributed by atoms with Crippen molar-refractivity contribution in [1.29, 1.82) is 0 Å². The van der Waals surface area contributed by atoms with Crippen LogP contribution in [0.3, 0.4) is 0 Å². The Morgan fingerprint density at radius 1 is 0.554 bits per heavy atom. The van der Waals surface area contributed by atoms with E-state index in [2.05, 4.69) is 98.9 Å². The van der Waals surface area contributed by atoms with Crippen molar-refractivity contribution in [2.24, 2.45) is 0 Å². The number of aliphatic carboxylic acids is 1. The number of carboxylic acids is 1. The maximum atomic E-state index is 12.7. The first-order valence-corrected chi connectivity index (χ1v) is 21.3. The van der Waals surface area contributed by atoms with E-state index in [1.807, 2.05) is 12.2 Å². The lowest BCUT2D eigenvalue weighted by molar-refractivity contribution is -0.889. The number of esters is 2. The Hall–Kier alpha value is -3.75. The largest absolute Gasteiger partial charge is 0.544 e. The SMILES string of the molecule is CC/C=C/C=C/C=C/CCCCCCCC(=O)OC(COCCC(C(=O)[O-])[N+](C)(C)C)COC(=O)CCCCC/C=C/C/C=C/C/C=C/C/C=C/C/C=C/CC. The maximum Gasteiger partial charge on any atom is 0.306 e. The molecule has 0 fully saturated rings. The van der Waals surface area contributed by atoms with Gasteiger partial charge in [-0.2, -0.15) is 0 Å². The van der Waals surface area contributed by atoms with Gasteiger partial charge >= 0.3 is 11.9 Å². The van der Waals surface area contributed by atoms with Gasteiger partial charge in [0.2, 0.25) is 0 Å². The second-order valence-corrected chi connectivity index (χ2v) is 14.9. The molecule has 0 radical (unpaired) electrons. The number of ether oxygens (including phenoxy) is 3. The molecule has 0 amide bonds. The lowest BCUT2D eigenvalue weighted by atomic mass is 10.1. The molecule has 0 aromatic carbocycles. The first-order chi connectivity index (χ1) is 27.1. The molecule has 0 aliphatic rings. The summed E-state index contributed by atoms with van der Waals surface area (Å²) in [4.78, 5) is 36.8. The fraction of sp³-hybridized carbons (Fsp3) is 0.604. The second kappa shape index (κ2) is 38.1. The number of carbonyl (C=O) groups excluding carboxylic acids is 3. The minimum absolute atomic E-state index is 0.0147. The summed E-state index contributed by atoms with van der Waals surface area (Å²) in [6.07, 6.45) is 50.0. The number of unbranched alkanes of at least 4 members (excludes halogenated alkanes) is 8. The van der Waals surface area contributed by atoms with E-state index in [0.29, 0.717) is 6.42 Å². The van der Waals surface area contributed by atoms with Gasteiger partial charge in [-0.25, -0.2) is 0 Å². The Morgan fingerprint density at radius 2 is 1.04 bits per heavy atom. The summed E-state index contributed by atoms with van der Waals surface area (Å²) in [5, 5.41) is 11.6.